The van der Waals surface area contributed by atoms with Gasteiger partial charge in [-0.3, -0.25) is 4.79 Å². The first kappa shape index (κ1) is 16.4. The van der Waals surface area contributed by atoms with Gasteiger partial charge >= 0.3 is 0 Å². The van der Waals surface area contributed by atoms with E-state index in [-0.39, 0.29) is 5.91 Å². The summed E-state index contributed by atoms with van der Waals surface area (Å²) in [4.78, 5) is 11.4. The topological polar surface area (TPSA) is 41.1 Å². The average molecular weight is 242 g/mol. The van der Waals surface area contributed by atoms with Gasteiger partial charge < -0.3 is 10.6 Å². The third kappa shape index (κ3) is 11.7. The van der Waals surface area contributed by atoms with Crippen LogP contribution in [0.4, 0.5) is 0 Å². The van der Waals surface area contributed by atoms with Crippen molar-refractivity contribution in [3.05, 3.63) is 0 Å². The number of carbonyl (C=O) groups excluding carboxylic acids is 1. The van der Waals surface area contributed by atoms with Crippen molar-refractivity contribution in [2.75, 3.05) is 13.1 Å². The van der Waals surface area contributed by atoms with E-state index in [1.54, 1.807) is 0 Å². The summed E-state index contributed by atoms with van der Waals surface area (Å²) >= 11 is 0. The molecule has 0 saturated carbocycles. The van der Waals surface area contributed by atoms with Crippen molar-refractivity contribution < 1.29 is 4.79 Å². The van der Waals surface area contributed by atoms with E-state index >= 15 is 0 Å². The Morgan fingerprint density at radius 3 is 2.35 bits per heavy atom. The predicted molar refractivity (Wildman–Crippen MR) is 74.1 cm³/mol. The van der Waals surface area contributed by atoms with Crippen LogP contribution in [-0.2, 0) is 4.79 Å². The van der Waals surface area contributed by atoms with Gasteiger partial charge in [0, 0.05) is 6.04 Å². The minimum Gasteiger partial charge on any atom is -0.353 e. The van der Waals surface area contributed by atoms with Crippen molar-refractivity contribution in [3.63, 3.8) is 0 Å². The molecule has 0 spiro atoms. The molecule has 0 bridgehead atoms. The van der Waals surface area contributed by atoms with E-state index in [4.69, 9.17) is 0 Å². The fourth-order valence-corrected chi connectivity index (χ4v) is 1.66. The average Bonchev–Trinajstić information content (AvgIpc) is 2.32. The van der Waals surface area contributed by atoms with Gasteiger partial charge in [-0.15, -0.1) is 0 Å². The Morgan fingerprint density at radius 1 is 1.06 bits per heavy atom. The van der Waals surface area contributed by atoms with Gasteiger partial charge in [-0.1, -0.05) is 46.0 Å². The molecule has 0 aliphatic heterocycles. The van der Waals surface area contributed by atoms with Crippen LogP contribution in [0.3, 0.4) is 0 Å². The van der Waals surface area contributed by atoms with Crippen molar-refractivity contribution in [1.29, 1.82) is 0 Å². The zero-order valence-electron chi connectivity index (χ0n) is 11.8. The summed E-state index contributed by atoms with van der Waals surface area (Å²) in [5.41, 5.74) is 0. The van der Waals surface area contributed by atoms with Gasteiger partial charge in [0.25, 0.3) is 0 Å². The molecule has 0 aromatic rings. The second-order valence-electron chi connectivity index (χ2n) is 4.82. The molecule has 2 N–H and O–H groups in total. The summed E-state index contributed by atoms with van der Waals surface area (Å²) in [7, 11) is 0. The molecule has 0 heterocycles. The van der Waals surface area contributed by atoms with Gasteiger partial charge in [-0.05, 0) is 26.3 Å². The van der Waals surface area contributed by atoms with Crippen LogP contribution in [-0.4, -0.2) is 25.0 Å². The Kier molecular flexibility index (Phi) is 11.5. The van der Waals surface area contributed by atoms with Crippen LogP contribution in [0, 0.1) is 0 Å². The van der Waals surface area contributed by atoms with Crippen LogP contribution in [0.2, 0.25) is 0 Å². The van der Waals surface area contributed by atoms with Crippen LogP contribution < -0.4 is 10.6 Å². The van der Waals surface area contributed by atoms with Crippen LogP contribution >= 0.6 is 0 Å². The number of nitrogens with one attached hydrogen (secondary N) is 2. The van der Waals surface area contributed by atoms with Crippen molar-refractivity contribution in [3.8, 4) is 0 Å². The molecule has 1 atom stereocenters. The van der Waals surface area contributed by atoms with Crippen molar-refractivity contribution in [1.82, 2.24) is 10.6 Å². The minimum atomic E-state index is 0.116. The first-order valence-corrected chi connectivity index (χ1v) is 7.20. The third-order valence-corrected chi connectivity index (χ3v) is 3.01. The third-order valence-electron chi connectivity index (χ3n) is 3.01. The number of amides is 1. The van der Waals surface area contributed by atoms with Crippen LogP contribution in [0.1, 0.15) is 65.7 Å². The first-order valence-electron chi connectivity index (χ1n) is 7.20. The lowest BCUT2D eigenvalue weighted by atomic mass is 10.1. The molecule has 1 amide bonds. The maximum atomic E-state index is 11.4. The lowest BCUT2D eigenvalue weighted by Crippen LogP contribution is -2.38. The molecule has 0 rings (SSSR count). The van der Waals surface area contributed by atoms with Gasteiger partial charge in [0.15, 0.2) is 0 Å². The Morgan fingerprint density at radius 2 is 1.71 bits per heavy atom. The number of unbranched alkanes of at least 4 members (excludes halogenated alkanes) is 5. The van der Waals surface area contributed by atoms with E-state index in [0.717, 1.165) is 13.0 Å². The highest BCUT2D eigenvalue weighted by atomic mass is 16.1. The Balaban J connectivity index is 3.19. The number of carbonyl (C=O) groups is 1. The molecular formula is C14H30N2O. The molecule has 0 saturated heterocycles. The number of hydrogen-bond donors (Lipinski definition) is 2. The fourth-order valence-electron chi connectivity index (χ4n) is 1.66. The van der Waals surface area contributed by atoms with Crippen LogP contribution in [0.25, 0.3) is 0 Å². The first-order chi connectivity index (χ1) is 8.20. The van der Waals surface area contributed by atoms with Crippen LogP contribution in [0.15, 0.2) is 0 Å². The standard InChI is InChI=1S/C14H30N2O/c1-4-6-7-8-9-10-11-15-12-14(17)16-13(3)5-2/h13,15H,4-12H2,1-3H3,(H,16,17). The maximum absolute atomic E-state index is 11.4. The molecule has 3 nitrogen and oxygen atoms in total. The molecule has 0 radical (unpaired) electrons. The highest BCUT2D eigenvalue weighted by molar-refractivity contribution is 5.78. The summed E-state index contributed by atoms with van der Waals surface area (Å²) in [6, 6.07) is 0.290. The van der Waals surface area contributed by atoms with Crippen LogP contribution in [0.5, 0.6) is 0 Å². The lowest BCUT2D eigenvalue weighted by molar-refractivity contribution is -0.120. The van der Waals surface area contributed by atoms with Gasteiger partial charge in [0.05, 0.1) is 6.54 Å². The highest BCUT2D eigenvalue weighted by Gasteiger charge is 2.03. The zero-order chi connectivity index (χ0) is 12.9. The molecule has 0 fully saturated rings. The molecule has 1 unspecified atom stereocenters. The molecule has 102 valence electrons. The SMILES string of the molecule is CCCCCCCCNCC(=O)NC(C)CC. The molecule has 0 aliphatic rings. The molecule has 3 heteroatoms. The second kappa shape index (κ2) is 11.9. The Labute approximate surface area is 107 Å². The van der Waals surface area contributed by atoms with Gasteiger partial charge in [-0.2, -0.15) is 0 Å². The molecular weight excluding hydrogens is 212 g/mol. The van der Waals surface area contributed by atoms with E-state index in [9.17, 15) is 4.79 Å². The smallest absolute Gasteiger partial charge is 0.234 e. The number of hydrogen-bond acceptors (Lipinski definition) is 2. The monoisotopic (exact) mass is 242 g/mol. The van der Waals surface area contributed by atoms with E-state index in [0.29, 0.717) is 12.6 Å². The molecule has 0 aromatic carbocycles. The fraction of sp³-hybridized carbons (Fsp3) is 0.929. The predicted octanol–water partition coefficient (Wildman–Crippen LogP) is 2.85. The normalized spacial score (nSPS) is 12.4. The van der Waals surface area contributed by atoms with E-state index < -0.39 is 0 Å². The molecule has 17 heavy (non-hydrogen) atoms. The maximum Gasteiger partial charge on any atom is 0.234 e. The quantitative estimate of drug-likeness (QED) is 0.547. The number of rotatable bonds is 11. The van der Waals surface area contributed by atoms with Crippen molar-refractivity contribution in [2.24, 2.45) is 0 Å². The Bertz CT molecular complexity index is 183. The highest BCUT2D eigenvalue weighted by Crippen LogP contribution is 2.03. The largest absolute Gasteiger partial charge is 0.353 e. The second-order valence-corrected chi connectivity index (χ2v) is 4.82. The van der Waals surface area contributed by atoms with E-state index in [2.05, 4.69) is 24.5 Å². The molecule has 0 aromatic heterocycles. The summed E-state index contributed by atoms with van der Waals surface area (Å²) in [5.74, 6) is 0.116. The minimum absolute atomic E-state index is 0.116. The van der Waals surface area contributed by atoms with Crippen molar-refractivity contribution >= 4 is 5.91 Å². The summed E-state index contributed by atoms with van der Waals surface area (Å²) in [6.07, 6.45) is 8.78. The molecule has 0 aliphatic carbocycles. The van der Waals surface area contributed by atoms with Gasteiger partial charge in [0.1, 0.15) is 0 Å². The zero-order valence-corrected chi connectivity index (χ0v) is 11.8. The van der Waals surface area contributed by atoms with Gasteiger partial charge in [-0.25, -0.2) is 0 Å². The Hall–Kier alpha value is -0.570. The van der Waals surface area contributed by atoms with Gasteiger partial charge in [0.2, 0.25) is 5.91 Å². The summed E-state index contributed by atoms with van der Waals surface area (Å²) in [5, 5.41) is 6.14. The van der Waals surface area contributed by atoms with Crippen molar-refractivity contribution in [2.45, 2.75) is 71.8 Å². The summed E-state index contributed by atoms with van der Waals surface area (Å²) < 4.78 is 0. The lowest BCUT2D eigenvalue weighted by Gasteiger charge is -2.11. The van der Waals surface area contributed by atoms with E-state index in [1.807, 2.05) is 6.92 Å². The summed E-state index contributed by atoms with van der Waals surface area (Å²) in [6.45, 7) is 7.76. The van der Waals surface area contributed by atoms with E-state index in [1.165, 1.54) is 38.5 Å².